The highest BCUT2D eigenvalue weighted by molar-refractivity contribution is 5.61. The second-order valence-corrected chi connectivity index (χ2v) is 7.38. The Morgan fingerprint density at radius 3 is 2.55 bits per heavy atom. The highest BCUT2D eigenvalue weighted by Crippen LogP contribution is 2.27. The van der Waals surface area contributed by atoms with Crippen LogP contribution in [0.25, 0.3) is 17.1 Å². The van der Waals surface area contributed by atoms with Gasteiger partial charge in [-0.05, 0) is 49.6 Å². The van der Waals surface area contributed by atoms with Crippen LogP contribution in [0, 0.1) is 6.92 Å². The molecule has 0 aliphatic rings. The van der Waals surface area contributed by atoms with E-state index in [-0.39, 0.29) is 6.04 Å². The van der Waals surface area contributed by atoms with Crippen molar-refractivity contribution >= 4 is 5.82 Å². The zero-order valence-corrected chi connectivity index (χ0v) is 18.2. The van der Waals surface area contributed by atoms with Gasteiger partial charge in [0.1, 0.15) is 11.4 Å². The van der Waals surface area contributed by atoms with E-state index in [1.54, 1.807) is 13.4 Å². The molecule has 7 heteroatoms. The Morgan fingerprint density at radius 2 is 1.87 bits per heavy atom. The van der Waals surface area contributed by atoms with Crippen LogP contribution in [0.15, 0.2) is 61.1 Å². The number of nitrogens with one attached hydrogen (secondary N) is 1. The molecule has 0 amide bonds. The van der Waals surface area contributed by atoms with Crippen molar-refractivity contribution < 1.29 is 4.74 Å². The molecule has 0 saturated heterocycles. The van der Waals surface area contributed by atoms with Gasteiger partial charge in [0, 0.05) is 6.20 Å². The summed E-state index contributed by atoms with van der Waals surface area (Å²) in [5, 5.41) is 12.4. The third-order valence-electron chi connectivity index (χ3n) is 5.19. The summed E-state index contributed by atoms with van der Waals surface area (Å²) in [5.41, 5.74) is 5.46. The molecule has 0 radical (unpaired) electrons. The van der Waals surface area contributed by atoms with Crippen LogP contribution in [-0.2, 0) is 6.42 Å². The average Bonchev–Trinajstić information content (AvgIpc) is 3.25. The smallest absolute Gasteiger partial charge is 0.238 e. The number of imidazole rings is 1. The maximum absolute atomic E-state index is 5.53. The monoisotopic (exact) mass is 414 g/mol. The molecule has 0 spiro atoms. The lowest BCUT2D eigenvalue weighted by atomic mass is 10.1. The number of rotatable bonds is 7. The van der Waals surface area contributed by atoms with Gasteiger partial charge < -0.3 is 14.6 Å². The van der Waals surface area contributed by atoms with Gasteiger partial charge in [-0.3, -0.25) is 0 Å². The Hall–Kier alpha value is -3.74. The van der Waals surface area contributed by atoms with Crippen LogP contribution in [0.5, 0.6) is 5.88 Å². The predicted molar refractivity (Wildman–Crippen MR) is 122 cm³/mol. The predicted octanol–water partition coefficient (Wildman–Crippen LogP) is 4.78. The maximum Gasteiger partial charge on any atom is 0.238 e. The van der Waals surface area contributed by atoms with Crippen LogP contribution in [0.1, 0.15) is 36.7 Å². The number of hydrogen-bond donors (Lipinski definition) is 1. The van der Waals surface area contributed by atoms with E-state index in [0.29, 0.717) is 17.3 Å². The van der Waals surface area contributed by atoms with Crippen molar-refractivity contribution in [2.75, 3.05) is 12.4 Å². The van der Waals surface area contributed by atoms with Gasteiger partial charge in [0.25, 0.3) is 0 Å². The lowest BCUT2D eigenvalue weighted by Crippen LogP contribution is -2.11. The normalized spacial score (nSPS) is 11.9. The summed E-state index contributed by atoms with van der Waals surface area (Å²) in [6, 6.07) is 16.3. The Bertz CT molecular complexity index is 1170. The Kier molecular flexibility index (Phi) is 5.93. The standard InChI is InChI=1S/C24H26N6O/c1-5-18-13-21(28-29-23(18)26-17(3)19-9-7-6-8-10-19)20-11-12-22(24(27-20)31-4)30-14-16(2)25-15-30/h6-15,17H,5H2,1-4H3,(H,26,29)/t17-/m0/s1. The number of benzene rings is 1. The molecule has 4 rings (SSSR count). The minimum absolute atomic E-state index is 0.128. The number of methoxy groups -OCH3 is 1. The van der Waals surface area contributed by atoms with E-state index in [4.69, 9.17) is 4.74 Å². The van der Waals surface area contributed by atoms with Crippen LogP contribution in [-0.4, -0.2) is 31.8 Å². The van der Waals surface area contributed by atoms with E-state index >= 15 is 0 Å². The first-order valence-corrected chi connectivity index (χ1v) is 10.3. The second-order valence-electron chi connectivity index (χ2n) is 7.38. The molecular weight excluding hydrogens is 388 g/mol. The molecule has 31 heavy (non-hydrogen) atoms. The van der Waals surface area contributed by atoms with E-state index in [2.05, 4.69) is 51.5 Å². The molecule has 0 fully saturated rings. The zero-order valence-electron chi connectivity index (χ0n) is 18.2. The Labute approximate surface area is 182 Å². The molecule has 0 aliphatic carbocycles. The third kappa shape index (κ3) is 4.40. The van der Waals surface area contributed by atoms with Gasteiger partial charge in [-0.1, -0.05) is 37.3 Å². The summed E-state index contributed by atoms with van der Waals surface area (Å²) < 4.78 is 7.43. The van der Waals surface area contributed by atoms with Crippen molar-refractivity contribution in [2.45, 2.75) is 33.2 Å². The Balaban J connectivity index is 1.63. The van der Waals surface area contributed by atoms with Crippen LogP contribution in [0.3, 0.4) is 0 Å². The number of aryl methyl sites for hydroxylation is 2. The number of anilines is 1. The molecule has 3 aromatic heterocycles. The summed E-state index contributed by atoms with van der Waals surface area (Å²) >= 11 is 0. The van der Waals surface area contributed by atoms with E-state index < -0.39 is 0 Å². The fourth-order valence-electron chi connectivity index (χ4n) is 3.45. The lowest BCUT2D eigenvalue weighted by molar-refractivity contribution is 0.396. The van der Waals surface area contributed by atoms with Crippen molar-refractivity contribution in [3.05, 3.63) is 77.9 Å². The molecule has 158 valence electrons. The third-order valence-corrected chi connectivity index (χ3v) is 5.19. The molecule has 7 nitrogen and oxygen atoms in total. The maximum atomic E-state index is 5.53. The fraction of sp³-hybridized carbons (Fsp3) is 0.250. The van der Waals surface area contributed by atoms with Gasteiger partial charge in [-0.2, -0.15) is 0 Å². The number of pyridine rings is 1. The Morgan fingerprint density at radius 1 is 1.06 bits per heavy atom. The van der Waals surface area contributed by atoms with Gasteiger partial charge in [-0.25, -0.2) is 9.97 Å². The van der Waals surface area contributed by atoms with Crippen LogP contribution < -0.4 is 10.1 Å². The summed E-state index contributed by atoms with van der Waals surface area (Å²) in [7, 11) is 1.61. The van der Waals surface area contributed by atoms with Crippen molar-refractivity contribution in [1.29, 1.82) is 0 Å². The van der Waals surface area contributed by atoms with Crippen LogP contribution in [0.2, 0.25) is 0 Å². The van der Waals surface area contributed by atoms with E-state index in [1.165, 1.54) is 5.56 Å². The molecule has 1 aromatic carbocycles. The van der Waals surface area contributed by atoms with E-state index in [9.17, 15) is 0 Å². The summed E-state index contributed by atoms with van der Waals surface area (Å²) in [6.07, 6.45) is 4.51. The first kappa shape index (κ1) is 20.5. The molecule has 0 bridgehead atoms. The average molecular weight is 415 g/mol. The van der Waals surface area contributed by atoms with Gasteiger partial charge in [0.2, 0.25) is 5.88 Å². The zero-order chi connectivity index (χ0) is 21.8. The fourth-order valence-corrected chi connectivity index (χ4v) is 3.45. The molecule has 1 atom stereocenters. The van der Waals surface area contributed by atoms with Crippen LogP contribution >= 0.6 is 0 Å². The molecular formula is C24H26N6O. The molecule has 0 aliphatic heterocycles. The summed E-state index contributed by atoms with van der Waals surface area (Å²) in [4.78, 5) is 8.94. The first-order valence-electron chi connectivity index (χ1n) is 10.3. The minimum Gasteiger partial charge on any atom is -0.479 e. The second kappa shape index (κ2) is 8.95. The van der Waals surface area contributed by atoms with Gasteiger partial charge in [0.05, 0.1) is 30.9 Å². The SMILES string of the molecule is CCc1cc(-c2ccc(-n3cnc(C)c3)c(OC)n2)nnc1N[C@@H](C)c1ccccc1. The molecule has 1 N–H and O–H groups in total. The summed E-state index contributed by atoms with van der Waals surface area (Å²) in [6.45, 7) is 6.17. The van der Waals surface area contributed by atoms with Gasteiger partial charge in [0.15, 0.2) is 5.82 Å². The van der Waals surface area contributed by atoms with Gasteiger partial charge in [-0.15, -0.1) is 10.2 Å². The largest absolute Gasteiger partial charge is 0.479 e. The van der Waals surface area contributed by atoms with Gasteiger partial charge >= 0.3 is 0 Å². The number of ether oxygens (including phenoxy) is 1. The van der Waals surface area contributed by atoms with E-state index in [1.807, 2.05) is 54.1 Å². The van der Waals surface area contributed by atoms with Crippen molar-refractivity contribution in [3.8, 4) is 23.0 Å². The van der Waals surface area contributed by atoms with Crippen molar-refractivity contribution in [1.82, 2.24) is 24.7 Å². The minimum atomic E-state index is 0.128. The van der Waals surface area contributed by atoms with E-state index in [0.717, 1.165) is 29.2 Å². The highest BCUT2D eigenvalue weighted by atomic mass is 16.5. The summed E-state index contributed by atoms with van der Waals surface area (Å²) in [5.74, 6) is 1.30. The van der Waals surface area contributed by atoms with Crippen LogP contribution in [0.4, 0.5) is 5.82 Å². The number of aromatic nitrogens is 5. The number of nitrogens with zero attached hydrogens (tertiary/aromatic N) is 5. The molecule has 3 heterocycles. The van der Waals surface area contributed by atoms with Crippen molar-refractivity contribution in [2.24, 2.45) is 0 Å². The lowest BCUT2D eigenvalue weighted by Gasteiger charge is -2.17. The quantitative estimate of drug-likeness (QED) is 0.469. The topological polar surface area (TPSA) is 77.8 Å². The highest BCUT2D eigenvalue weighted by Gasteiger charge is 2.14. The molecule has 4 aromatic rings. The molecule has 0 saturated carbocycles. The van der Waals surface area contributed by atoms with Crippen molar-refractivity contribution in [3.63, 3.8) is 0 Å². The number of hydrogen-bond acceptors (Lipinski definition) is 6. The molecule has 0 unspecified atom stereocenters. The first-order chi connectivity index (χ1) is 15.1.